The molecule has 1 N–H and O–H groups in total. The molecule has 0 atom stereocenters. The lowest BCUT2D eigenvalue weighted by atomic mass is 10.1. The molecule has 0 unspecified atom stereocenters. The van der Waals surface area contributed by atoms with Crippen molar-refractivity contribution >= 4 is 17.4 Å². The van der Waals surface area contributed by atoms with Crippen LogP contribution in [-0.4, -0.2) is 11.7 Å². The van der Waals surface area contributed by atoms with Crippen molar-refractivity contribution in [1.82, 2.24) is 0 Å². The molecule has 0 aliphatic carbocycles. The minimum atomic E-state index is -0.132. The molecule has 1 aromatic carbocycles. The molecular formula is C16H21NO2. The Bertz CT molecular complexity index is 446. The Morgan fingerprint density at radius 1 is 1.16 bits per heavy atom. The van der Waals surface area contributed by atoms with Gasteiger partial charge in [-0.25, -0.2) is 0 Å². The van der Waals surface area contributed by atoms with Crippen LogP contribution in [0.5, 0.6) is 0 Å². The molecule has 1 amide bonds. The SMILES string of the molecule is CCCCC/C=C/C(=O)Nc1ccc(C(C)=O)cc1. The van der Waals surface area contributed by atoms with Gasteiger partial charge in [0.2, 0.25) is 5.91 Å². The molecule has 0 bridgehead atoms. The molecule has 0 fully saturated rings. The molecule has 0 saturated heterocycles. The van der Waals surface area contributed by atoms with Gasteiger partial charge in [0, 0.05) is 11.3 Å². The lowest BCUT2D eigenvalue weighted by molar-refractivity contribution is -0.111. The van der Waals surface area contributed by atoms with Crippen LogP contribution < -0.4 is 5.32 Å². The van der Waals surface area contributed by atoms with Crippen molar-refractivity contribution in [3.05, 3.63) is 42.0 Å². The molecule has 0 spiro atoms. The predicted octanol–water partition coefficient (Wildman–Crippen LogP) is 3.96. The summed E-state index contributed by atoms with van der Waals surface area (Å²) in [4.78, 5) is 22.7. The maximum Gasteiger partial charge on any atom is 0.248 e. The number of Topliss-reactive ketones (excluding diaryl/α,β-unsaturated/α-hetero) is 1. The number of ketones is 1. The second-order valence-electron chi connectivity index (χ2n) is 4.52. The Morgan fingerprint density at radius 2 is 1.84 bits per heavy atom. The first kappa shape index (κ1) is 15.2. The highest BCUT2D eigenvalue weighted by molar-refractivity contribution is 6.00. The van der Waals surface area contributed by atoms with Crippen LogP contribution in [0.4, 0.5) is 5.69 Å². The van der Waals surface area contributed by atoms with Crippen molar-refractivity contribution in [1.29, 1.82) is 0 Å². The first-order chi connectivity index (χ1) is 9.13. The predicted molar refractivity (Wildman–Crippen MR) is 78.4 cm³/mol. The number of carbonyl (C=O) groups is 2. The maximum absolute atomic E-state index is 11.6. The Kier molecular flexibility index (Phi) is 6.58. The van der Waals surface area contributed by atoms with Gasteiger partial charge in [-0.3, -0.25) is 9.59 Å². The molecule has 3 heteroatoms. The van der Waals surface area contributed by atoms with E-state index in [9.17, 15) is 9.59 Å². The molecule has 0 heterocycles. The van der Waals surface area contributed by atoms with Gasteiger partial charge in [0.1, 0.15) is 0 Å². The van der Waals surface area contributed by atoms with Gasteiger partial charge in [-0.1, -0.05) is 25.8 Å². The monoisotopic (exact) mass is 259 g/mol. The maximum atomic E-state index is 11.6. The molecule has 0 radical (unpaired) electrons. The topological polar surface area (TPSA) is 46.2 Å². The van der Waals surface area contributed by atoms with Crippen molar-refractivity contribution in [2.75, 3.05) is 5.32 Å². The summed E-state index contributed by atoms with van der Waals surface area (Å²) in [6, 6.07) is 6.89. The summed E-state index contributed by atoms with van der Waals surface area (Å²) in [5.41, 5.74) is 1.35. The molecule has 102 valence electrons. The minimum absolute atomic E-state index is 0.0219. The van der Waals surface area contributed by atoms with Crippen LogP contribution >= 0.6 is 0 Å². The third-order valence-electron chi connectivity index (χ3n) is 2.80. The van der Waals surface area contributed by atoms with Gasteiger partial charge < -0.3 is 5.32 Å². The van der Waals surface area contributed by atoms with Crippen molar-refractivity contribution in [3.63, 3.8) is 0 Å². The number of carbonyl (C=O) groups excluding carboxylic acids is 2. The molecule has 0 aliphatic heterocycles. The summed E-state index contributed by atoms with van der Waals surface area (Å²) in [6.45, 7) is 3.67. The van der Waals surface area contributed by atoms with E-state index in [0.29, 0.717) is 11.3 Å². The summed E-state index contributed by atoms with van der Waals surface area (Å²) in [7, 11) is 0. The van der Waals surface area contributed by atoms with Crippen LogP contribution in [-0.2, 0) is 4.79 Å². The van der Waals surface area contributed by atoms with Crippen molar-refractivity contribution < 1.29 is 9.59 Å². The van der Waals surface area contributed by atoms with Crippen molar-refractivity contribution in [2.45, 2.75) is 39.5 Å². The van der Waals surface area contributed by atoms with Crippen LogP contribution in [0.25, 0.3) is 0 Å². The smallest absolute Gasteiger partial charge is 0.248 e. The van der Waals surface area contributed by atoms with Gasteiger partial charge in [0.15, 0.2) is 5.78 Å². The molecule has 0 saturated carbocycles. The molecule has 1 aromatic rings. The number of nitrogens with one attached hydrogen (secondary N) is 1. The summed E-state index contributed by atoms with van der Waals surface area (Å²) >= 11 is 0. The van der Waals surface area contributed by atoms with Crippen molar-refractivity contribution in [3.8, 4) is 0 Å². The molecule has 0 aliphatic rings. The van der Waals surface area contributed by atoms with Crippen LogP contribution in [0, 0.1) is 0 Å². The lowest BCUT2D eigenvalue weighted by Gasteiger charge is -2.02. The molecule has 0 aromatic heterocycles. The van der Waals surface area contributed by atoms with E-state index in [-0.39, 0.29) is 11.7 Å². The lowest BCUT2D eigenvalue weighted by Crippen LogP contribution is -2.07. The standard InChI is InChI=1S/C16H21NO2/c1-3-4-5-6-7-8-16(19)17-15-11-9-14(10-12-15)13(2)18/h7-12H,3-6H2,1-2H3,(H,17,19)/b8-7+. The third-order valence-corrected chi connectivity index (χ3v) is 2.80. The Balaban J connectivity index is 2.41. The second-order valence-corrected chi connectivity index (χ2v) is 4.52. The third kappa shape index (κ3) is 6.00. The fourth-order valence-corrected chi connectivity index (χ4v) is 1.67. The first-order valence-electron chi connectivity index (χ1n) is 6.72. The molecule has 3 nitrogen and oxygen atoms in total. The zero-order valence-electron chi connectivity index (χ0n) is 11.6. The average Bonchev–Trinajstić information content (AvgIpc) is 2.39. The van der Waals surface area contributed by atoms with E-state index in [1.54, 1.807) is 30.3 Å². The summed E-state index contributed by atoms with van der Waals surface area (Å²) in [5.74, 6) is -0.110. The van der Waals surface area contributed by atoms with Crippen LogP contribution in [0.1, 0.15) is 49.9 Å². The largest absolute Gasteiger partial charge is 0.323 e. The van der Waals surface area contributed by atoms with Gasteiger partial charge in [-0.05, 0) is 50.1 Å². The summed E-state index contributed by atoms with van der Waals surface area (Å²) in [6.07, 6.45) is 7.89. The quantitative estimate of drug-likeness (QED) is 0.457. The minimum Gasteiger partial charge on any atom is -0.323 e. The van der Waals surface area contributed by atoms with E-state index in [0.717, 1.165) is 12.8 Å². The first-order valence-corrected chi connectivity index (χ1v) is 6.72. The highest BCUT2D eigenvalue weighted by Crippen LogP contribution is 2.10. The zero-order valence-corrected chi connectivity index (χ0v) is 11.6. The highest BCUT2D eigenvalue weighted by Gasteiger charge is 2.00. The number of hydrogen-bond donors (Lipinski definition) is 1. The van der Waals surface area contributed by atoms with Gasteiger partial charge in [-0.15, -0.1) is 0 Å². The number of unbranched alkanes of at least 4 members (excludes halogenated alkanes) is 3. The summed E-state index contributed by atoms with van der Waals surface area (Å²) in [5, 5.41) is 2.76. The van der Waals surface area contributed by atoms with Crippen LogP contribution in [0.2, 0.25) is 0 Å². The number of allylic oxidation sites excluding steroid dienone is 1. The summed E-state index contributed by atoms with van der Waals surface area (Å²) < 4.78 is 0. The van der Waals surface area contributed by atoms with E-state index in [1.165, 1.54) is 19.8 Å². The van der Waals surface area contributed by atoms with E-state index in [2.05, 4.69) is 12.2 Å². The fraction of sp³-hybridized carbons (Fsp3) is 0.375. The number of benzene rings is 1. The van der Waals surface area contributed by atoms with Gasteiger partial charge in [0.25, 0.3) is 0 Å². The molecular weight excluding hydrogens is 238 g/mol. The van der Waals surface area contributed by atoms with Gasteiger partial charge in [0.05, 0.1) is 0 Å². The Labute approximate surface area is 114 Å². The molecule has 19 heavy (non-hydrogen) atoms. The fourth-order valence-electron chi connectivity index (χ4n) is 1.67. The Morgan fingerprint density at radius 3 is 2.42 bits per heavy atom. The average molecular weight is 259 g/mol. The number of anilines is 1. The van der Waals surface area contributed by atoms with Crippen molar-refractivity contribution in [2.24, 2.45) is 0 Å². The number of amides is 1. The van der Waals surface area contributed by atoms with E-state index in [4.69, 9.17) is 0 Å². The van der Waals surface area contributed by atoms with E-state index in [1.807, 2.05) is 6.08 Å². The Hall–Kier alpha value is -1.90. The van der Waals surface area contributed by atoms with Gasteiger partial charge in [-0.2, -0.15) is 0 Å². The van der Waals surface area contributed by atoms with E-state index >= 15 is 0 Å². The van der Waals surface area contributed by atoms with E-state index < -0.39 is 0 Å². The van der Waals surface area contributed by atoms with Crippen LogP contribution in [0.15, 0.2) is 36.4 Å². The van der Waals surface area contributed by atoms with Gasteiger partial charge >= 0.3 is 0 Å². The number of rotatable bonds is 7. The van der Waals surface area contributed by atoms with Crippen LogP contribution in [0.3, 0.4) is 0 Å². The molecule has 1 rings (SSSR count). The normalized spacial score (nSPS) is 10.6. The zero-order chi connectivity index (χ0) is 14.1. The number of hydrogen-bond acceptors (Lipinski definition) is 2. The highest BCUT2D eigenvalue weighted by atomic mass is 16.1. The second kappa shape index (κ2) is 8.25.